The SMILES string of the molecule is CC(C)CN1CC2(CCN(C(=O)[C@@H]3Cc4ccccc4CN3C)CC2)CC1=O. The Balaban J connectivity index is 1.38. The topological polar surface area (TPSA) is 43.9 Å². The number of carbonyl (C=O) groups excluding carboxylic acids is 2. The van der Waals surface area contributed by atoms with Crippen molar-refractivity contribution in [2.75, 3.05) is 33.2 Å². The fourth-order valence-electron chi connectivity index (χ4n) is 5.27. The van der Waals surface area contributed by atoms with Crippen molar-refractivity contribution < 1.29 is 9.59 Å². The van der Waals surface area contributed by atoms with Gasteiger partial charge >= 0.3 is 0 Å². The molecule has 5 nitrogen and oxygen atoms in total. The number of amides is 2. The second-order valence-electron chi connectivity index (χ2n) is 9.57. The van der Waals surface area contributed by atoms with Gasteiger partial charge in [0, 0.05) is 44.6 Å². The summed E-state index contributed by atoms with van der Waals surface area (Å²) in [5, 5.41) is 0. The van der Waals surface area contributed by atoms with E-state index in [9.17, 15) is 9.59 Å². The Morgan fingerprint density at radius 2 is 1.86 bits per heavy atom. The van der Waals surface area contributed by atoms with E-state index < -0.39 is 0 Å². The molecule has 1 atom stereocenters. The number of fused-ring (bicyclic) bond motifs is 1. The molecule has 0 N–H and O–H groups in total. The number of rotatable bonds is 3. The Hall–Kier alpha value is -1.88. The van der Waals surface area contributed by atoms with Crippen LogP contribution in [0.2, 0.25) is 0 Å². The zero-order chi connectivity index (χ0) is 19.9. The second kappa shape index (κ2) is 7.51. The summed E-state index contributed by atoms with van der Waals surface area (Å²) in [4.78, 5) is 32.0. The number of hydrogen-bond donors (Lipinski definition) is 0. The first-order chi connectivity index (χ1) is 13.4. The molecule has 28 heavy (non-hydrogen) atoms. The zero-order valence-corrected chi connectivity index (χ0v) is 17.5. The molecule has 0 aliphatic carbocycles. The predicted octanol–water partition coefficient (Wildman–Crippen LogP) is 2.54. The molecule has 5 heteroatoms. The minimum absolute atomic E-state index is 0.0633. The molecule has 1 aromatic rings. The Bertz CT molecular complexity index is 752. The smallest absolute Gasteiger partial charge is 0.240 e. The molecule has 2 fully saturated rings. The van der Waals surface area contributed by atoms with Gasteiger partial charge in [-0.1, -0.05) is 38.1 Å². The number of likely N-dealkylation sites (N-methyl/N-ethyl adjacent to an activating group) is 1. The summed E-state index contributed by atoms with van der Waals surface area (Å²) in [5.41, 5.74) is 2.73. The fourth-order valence-corrected chi connectivity index (χ4v) is 5.27. The molecular weight excluding hydrogens is 350 g/mol. The highest BCUT2D eigenvalue weighted by molar-refractivity contribution is 5.83. The van der Waals surface area contributed by atoms with Gasteiger partial charge in [0.25, 0.3) is 0 Å². The summed E-state index contributed by atoms with van der Waals surface area (Å²) in [6.45, 7) is 8.47. The van der Waals surface area contributed by atoms with E-state index in [1.165, 1.54) is 11.1 Å². The third kappa shape index (κ3) is 3.69. The van der Waals surface area contributed by atoms with Crippen LogP contribution in [0.1, 0.15) is 44.2 Å². The molecule has 1 aromatic carbocycles. The van der Waals surface area contributed by atoms with Crippen LogP contribution in [0.5, 0.6) is 0 Å². The summed E-state index contributed by atoms with van der Waals surface area (Å²) in [6, 6.07) is 8.39. The van der Waals surface area contributed by atoms with Crippen molar-refractivity contribution >= 4 is 11.8 Å². The number of carbonyl (C=O) groups is 2. The van der Waals surface area contributed by atoms with Gasteiger partial charge in [-0.25, -0.2) is 0 Å². The molecule has 3 aliphatic rings. The average Bonchev–Trinajstić information content (AvgIpc) is 2.95. The maximum absolute atomic E-state index is 13.3. The monoisotopic (exact) mass is 383 g/mol. The van der Waals surface area contributed by atoms with Crippen LogP contribution in [0.15, 0.2) is 24.3 Å². The molecule has 152 valence electrons. The zero-order valence-electron chi connectivity index (χ0n) is 17.5. The highest BCUT2D eigenvalue weighted by atomic mass is 16.2. The number of piperidine rings is 1. The molecule has 0 saturated carbocycles. The lowest BCUT2D eigenvalue weighted by atomic mass is 9.77. The van der Waals surface area contributed by atoms with Crippen LogP contribution < -0.4 is 0 Å². The predicted molar refractivity (Wildman–Crippen MR) is 110 cm³/mol. The van der Waals surface area contributed by atoms with Crippen molar-refractivity contribution in [3.8, 4) is 0 Å². The summed E-state index contributed by atoms with van der Waals surface area (Å²) in [5.74, 6) is 1.07. The Morgan fingerprint density at radius 3 is 2.54 bits per heavy atom. The molecule has 0 radical (unpaired) electrons. The fraction of sp³-hybridized carbons (Fsp3) is 0.652. The van der Waals surface area contributed by atoms with E-state index in [0.717, 1.165) is 52.0 Å². The summed E-state index contributed by atoms with van der Waals surface area (Å²) in [6.07, 6.45) is 3.37. The van der Waals surface area contributed by atoms with Gasteiger partial charge in [0.15, 0.2) is 0 Å². The molecule has 2 amide bonds. The highest BCUT2D eigenvalue weighted by Gasteiger charge is 2.46. The van der Waals surface area contributed by atoms with Crippen molar-refractivity contribution in [1.29, 1.82) is 0 Å². The van der Waals surface area contributed by atoms with Crippen molar-refractivity contribution in [3.63, 3.8) is 0 Å². The van der Waals surface area contributed by atoms with Crippen LogP contribution >= 0.6 is 0 Å². The number of nitrogens with zero attached hydrogens (tertiary/aromatic N) is 3. The van der Waals surface area contributed by atoms with Crippen LogP contribution in [0, 0.1) is 11.3 Å². The van der Waals surface area contributed by atoms with E-state index in [0.29, 0.717) is 18.2 Å². The van der Waals surface area contributed by atoms with E-state index in [-0.39, 0.29) is 17.4 Å². The third-order valence-electron chi connectivity index (χ3n) is 6.90. The lowest BCUT2D eigenvalue weighted by molar-refractivity contribution is -0.139. The normalized spacial score (nSPS) is 24.9. The standard InChI is InChI=1S/C23H33N3O2/c1-17(2)14-26-16-23(13-21(26)27)8-10-25(11-9-23)22(28)20-12-18-6-4-5-7-19(18)15-24(20)3/h4-7,17,20H,8-16H2,1-3H3/t20-/m0/s1. The van der Waals surface area contributed by atoms with E-state index in [4.69, 9.17) is 0 Å². The third-order valence-corrected chi connectivity index (χ3v) is 6.90. The highest BCUT2D eigenvalue weighted by Crippen LogP contribution is 2.41. The van der Waals surface area contributed by atoms with Crippen molar-refractivity contribution in [2.24, 2.45) is 11.3 Å². The minimum Gasteiger partial charge on any atom is -0.342 e. The van der Waals surface area contributed by atoms with Gasteiger partial charge in [-0.3, -0.25) is 14.5 Å². The minimum atomic E-state index is -0.0633. The number of likely N-dealkylation sites (tertiary alicyclic amines) is 2. The molecule has 0 aromatic heterocycles. The van der Waals surface area contributed by atoms with Gasteiger partial charge in [0.05, 0.1) is 6.04 Å². The summed E-state index contributed by atoms with van der Waals surface area (Å²) >= 11 is 0. The second-order valence-corrected chi connectivity index (χ2v) is 9.57. The van der Waals surface area contributed by atoms with Gasteiger partial charge in [0.1, 0.15) is 0 Å². The molecular formula is C23H33N3O2. The quantitative estimate of drug-likeness (QED) is 0.806. The van der Waals surface area contributed by atoms with E-state index in [1.807, 2.05) is 4.90 Å². The Labute approximate surface area is 168 Å². The van der Waals surface area contributed by atoms with E-state index in [2.05, 4.69) is 55.0 Å². The van der Waals surface area contributed by atoms with Gasteiger partial charge in [-0.15, -0.1) is 0 Å². The Morgan fingerprint density at radius 1 is 1.18 bits per heavy atom. The van der Waals surface area contributed by atoms with Crippen LogP contribution in [-0.4, -0.2) is 65.8 Å². The lowest BCUT2D eigenvalue weighted by Gasteiger charge is -2.42. The van der Waals surface area contributed by atoms with Crippen molar-refractivity contribution in [3.05, 3.63) is 35.4 Å². The van der Waals surface area contributed by atoms with Crippen molar-refractivity contribution in [1.82, 2.24) is 14.7 Å². The molecule has 1 spiro atoms. The van der Waals surface area contributed by atoms with E-state index >= 15 is 0 Å². The molecule has 0 unspecified atom stereocenters. The van der Waals surface area contributed by atoms with Crippen molar-refractivity contribution in [2.45, 2.75) is 52.1 Å². The first-order valence-electron chi connectivity index (χ1n) is 10.7. The first kappa shape index (κ1) is 19.4. The largest absolute Gasteiger partial charge is 0.342 e. The molecule has 4 rings (SSSR count). The van der Waals surface area contributed by atoms with E-state index in [1.54, 1.807) is 0 Å². The average molecular weight is 384 g/mol. The summed E-state index contributed by atoms with van der Waals surface area (Å²) in [7, 11) is 2.06. The number of hydrogen-bond acceptors (Lipinski definition) is 3. The maximum atomic E-state index is 13.3. The van der Waals surface area contributed by atoms with Gasteiger partial charge in [0.2, 0.25) is 11.8 Å². The number of benzene rings is 1. The first-order valence-corrected chi connectivity index (χ1v) is 10.7. The van der Waals surface area contributed by atoms with Gasteiger partial charge in [-0.2, -0.15) is 0 Å². The molecule has 0 bridgehead atoms. The molecule has 3 aliphatic heterocycles. The van der Waals surface area contributed by atoms with Gasteiger partial charge in [-0.05, 0) is 43.4 Å². The Kier molecular flexibility index (Phi) is 5.21. The van der Waals surface area contributed by atoms with Crippen LogP contribution in [0.4, 0.5) is 0 Å². The lowest BCUT2D eigenvalue weighted by Crippen LogP contribution is -2.53. The molecule has 3 heterocycles. The van der Waals surface area contributed by atoms with Crippen LogP contribution in [0.25, 0.3) is 0 Å². The molecule has 2 saturated heterocycles. The van der Waals surface area contributed by atoms with Crippen LogP contribution in [-0.2, 0) is 22.6 Å². The van der Waals surface area contributed by atoms with Crippen LogP contribution in [0.3, 0.4) is 0 Å². The van der Waals surface area contributed by atoms with Gasteiger partial charge < -0.3 is 9.80 Å². The maximum Gasteiger partial charge on any atom is 0.240 e. The summed E-state index contributed by atoms with van der Waals surface area (Å²) < 4.78 is 0.